The Morgan fingerprint density at radius 2 is 1.88 bits per heavy atom. The van der Waals surface area contributed by atoms with E-state index in [0.717, 1.165) is 28.0 Å². The van der Waals surface area contributed by atoms with Gasteiger partial charge in [-0.25, -0.2) is 9.97 Å². The van der Waals surface area contributed by atoms with Crippen molar-refractivity contribution in [2.75, 3.05) is 5.75 Å². The molecule has 0 radical (unpaired) electrons. The molecule has 25 heavy (non-hydrogen) atoms. The minimum Gasteiger partial charge on any atom is -0.285 e. The van der Waals surface area contributed by atoms with Gasteiger partial charge in [0.25, 0.3) is 0 Å². The Kier molecular flexibility index (Phi) is 3.52. The molecule has 3 nitrogen and oxygen atoms in total. The molecular formula is C21H19N3S. The van der Waals surface area contributed by atoms with E-state index >= 15 is 0 Å². The van der Waals surface area contributed by atoms with Crippen LogP contribution in [0.25, 0.3) is 27.6 Å². The molecule has 4 heteroatoms. The number of benzene rings is 2. The number of aromatic nitrogens is 3. The molecule has 124 valence electrons. The first-order chi connectivity index (χ1) is 12.4. The molecule has 1 fully saturated rings. The monoisotopic (exact) mass is 345 g/mol. The minimum atomic E-state index is 0.740. The highest BCUT2D eigenvalue weighted by Gasteiger charge is 2.26. The topological polar surface area (TPSA) is 30.7 Å². The highest BCUT2D eigenvalue weighted by atomic mass is 32.2. The first kappa shape index (κ1) is 15.0. The summed E-state index contributed by atoms with van der Waals surface area (Å²) in [4.78, 5) is 9.23. The van der Waals surface area contributed by atoms with E-state index in [1.54, 1.807) is 11.8 Å². The molecule has 0 amide bonds. The quantitative estimate of drug-likeness (QED) is 0.453. The van der Waals surface area contributed by atoms with Crippen molar-refractivity contribution >= 4 is 33.7 Å². The number of rotatable bonds is 4. The van der Waals surface area contributed by atoms with Crippen molar-refractivity contribution in [3.63, 3.8) is 0 Å². The van der Waals surface area contributed by atoms with Crippen LogP contribution in [0.15, 0.2) is 59.9 Å². The normalized spacial score (nSPS) is 14.4. The lowest BCUT2D eigenvalue weighted by molar-refractivity contribution is 0.924. The van der Waals surface area contributed by atoms with E-state index in [1.165, 1.54) is 34.9 Å². The van der Waals surface area contributed by atoms with Crippen LogP contribution < -0.4 is 0 Å². The van der Waals surface area contributed by atoms with Gasteiger partial charge >= 0.3 is 0 Å². The van der Waals surface area contributed by atoms with Crippen molar-refractivity contribution in [1.82, 2.24) is 14.5 Å². The van der Waals surface area contributed by atoms with Crippen LogP contribution in [0, 0.1) is 0 Å². The van der Waals surface area contributed by atoms with Gasteiger partial charge in [0.2, 0.25) is 0 Å². The average Bonchev–Trinajstić information content (AvgIpc) is 3.43. The van der Waals surface area contributed by atoms with Gasteiger partial charge in [-0.3, -0.25) is 4.57 Å². The van der Waals surface area contributed by atoms with E-state index in [-0.39, 0.29) is 0 Å². The standard InChI is InChI=1S/C21H19N3S/c1-2-25-21-23-20-19(8-5-13-22-20)24(21)18-12-11-15(14-9-10-14)16-6-3-4-7-17(16)18/h3-8,11-14H,2,9-10H2,1H3. The zero-order valence-electron chi connectivity index (χ0n) is 14.1. The van der Waals surface area contributed by atoms with Crippen molar-refractivity contribution < 1.29 is 0 Å². The Morgan fingerprint density at radius 1 is 1.04 bits per heavy atom. The predicted octanol–water partition coefficient (Wildman–Crippen LogP) is 5.56. The van der Waals surface area contributed by atoms with Gasteiger partial charge < -0.3 is 0 Å². The van der Waals surface area contributed by atoms with E-state index in [2.05, 4.69) is 58.9 Å². The van der Waals surface area contributed by atoms with Gasteiger partial charge in [0.1, 0.15) is 0 Å². The number of hydrogen-bond donors (Lipinski definition) is 0. The SMILES string of the molecule is CCSc1nc2ncccc2n1-c1ccc(C2CC2)c2ccccc12. The van der Waals surface area contributed by atoms with Crippen LogP contribution in [0.2, 0.25) is 0 Å². The summed E-state index contributed by atoms with van der Waals surface area (Å²) in [6.45, 7) is 2.16. The van der Waals surface area contributed by atoms with Crippen LogP contribution in [0.4, 0.5) is 0 Å². The fourth-order valence-electron chi connectivity index (χ4n) is 3.60. The summed E-state index contributed by atoms with van der Waals surface area (Å²) in [5.74, 6) is 1.73. The maximum absolute atomic E-state index is 4.77. The first-order valence-corrected chi connectivity index (χ1v) is 9.83. The molecule has 0 unspecified atom stereocenters. The molecule has 4 aromatic rings. The molecule has 5 rings (SSSR count). The molecule has 0 bridgehead atoms. The van der Waals surface area contributed by atoms with Gasteiger partial charge in [-0.15, -0.1) is 0 Å². The lowest BCUT2D eigenvalue weighted by atomic mass is 9.99. The van der Waals surface area contributed by atoms with Crippen LogP contribution in [0.5, 0.6) is 0 Å². The van der Waals surface area contributed by atoms with Crippen LogP contribution >= 0.6 is 11.8 Å². The van der Waals surface area contributed by atoms with Crippen LogP contribution in [-0.2, 0) is 0 Å². The van der Waals surface area contributed by atoms with Crippen molar-refractivity contribution in [1.29, 1.82) is 0 Å². The summed E-state index contributed by atoms with van der Waals surface area (Å²) in [7, 11) is 0. The molecule has 1 aliphatic carbocycles. The molecule has 2 heterocycles. The molecule has 1 saturated carbocycles. The zero-order chi connectivity index (χ0) is 16.8. The van der Waals surface area contributed by atoms with Gasteiger partial charge in [-0.2, -0.15) is 0 Å². The summed E-state index contributed by atoms with van der Waals surface area (Å²) in [6.07, 6.45) is 4.45. The Balaban J connectivity index is 1.83. The number of nitrogens with zero attached hydrogens (tertiary/aromatic N) is 3. The first-order valence-electron chi connectivity index (χ1n) is 8.85. The molecule has 0 aliphatic heterocycles. The molecule has 1 aliphatic rings. The number of fused-ring (bicyclic) bond motifs is 2. The highest BCUT2D eigenvalue weighted by molar-refractivity contribution is 7.99. The third-order valence-electron chi connectivity index (χ3n) is 4.87. The van der Waals surface area contributed by atoms with Gasteiger partial charge in [-0.05, 0) is 53.7 Å². The minimum absolute atomic E-state index is 0.740. The Morgan fingerprint density at radius 3 is 2.68 bits per heavy atom. The second-order valence-corrected chi connectivity index (χ2v) is 7.73. The van der Waals surface area contributed by atoms with E-state index in [1.807, 2.05) is 12.3 Å². The summed E-state index contributed by atoms with van der Waals surface area (Å²) < 4.78 is 2.27. The van der Waals surface area contributed by atoms with Gasteiger partial charge in [0, 0.05) is 11.6 Å². The molecule has 2 aromatic heterocycles. The molecular weight excluding hydrogens is 326 g/mol. The fraction of sp³-hybridized carbons (Fsp3) is 0.238. The second-order valence-electron chi connectivity index (χ2n) is 6.50. The fourth-order valence-corrected chi connectivity index (χ4v) is 4.34. The van der Waals surface area contributed by atoms with E-state index < -0.39 is 0 Å². The lowest BCUT2D eigenvalue weighted by Gasteiger charge is -2.14. The van der Waals surface area contributed by atoms with Gasteiger partial charge in [0.15, 0.2) is 10.8 Å². The summed E-state index contributed by atoms with van der Waals surface area (Å²) in [5, 5.41) is 3.69. The third kappa shape index (κ3) is 2.44. The number of pyridine rings is 1. The molecule has 0 saturated heterocycles. The Labute approximate surface area is 151 Å². The molecule has 0 atom stereocenters. The number of imidazole rings is 1. The van der Waals surface area contributed by atoms with Crippen LogP contribution in [-0.4, -0.2) is 20.3 Å². The summed E-state index contributed by atoms with van der Waals surface area (Å²) in [5.41, 5.74) is 4.58. The highest BCUT2D eigenvalue weighted by Crippen LogP contribution is 2.44. The van der Waals surface area contributed by atoms with E-state index in [4.69, 9.17) is 4.98 Å². The van der Waals surface area contributed by atoms with Crippen molar-refractivity contribution in [2.45, 2.75) is 30.8 Å². The molecule has 2 aromatic carbocycles. The summed E-state index contributed by atoms with van der Waals surface area (Å²) >= 11 is 1.77. The smallest absolute Gasteiger partial charge is 0.179 e. The number of thioether (sulfide) groups is 1. The van der Waals surface area contributed by atoms with Crippen molar-refractivity contribution in [2.24, 2.45) is 0 Å². The van der Waals surface area contributed by atoms with Crippen molar-refractivity contribution in [3.8, 4) is 5.69 Å². The van der Waals surface area contributed by atoms with Crippen LogP contribution in [0.3, 0.4) is 0 Å². The summed E-state index contributed by atoms with van der Waals surface area (Å²) in [6, 6.07) is 17.5. The average molecular weight is 345 g/mol. The van der Waals surface area contributed by atoms with E-state index in [9.17, 15) is 0 Å². The maximum atomic E-state index is 4.77. The zero-order valence-corrected chi connectivity index (χ0v) is 15.0. The predicted molar refractivity (Wildman–Crippen MR) is 105 cm³/mol. The third-order valence-corrected chi connectivity index (χ3v) is 5.69. The lowest BCUT2D eigenvalue weighted by Crippen LogP contribution is -1.99. The van der Waals surface area contributed by atoms with Gasteiger partial charge in [0.05, 0.1) is 11.2 Å². The Hall–Kier alpha value is -2.33. The van der Waals surface area contributed by atoms with Crippen LogP contribution in [0.1, 0.15) is 31.2 Å². The van der Waals surface area contributed by atoms with E-state index in [0.29, 0.717) is 0 Å². The Bertz CT molecular complexity index is 1080. The second kappa shape index (κ2) is 5.88. The molecule has 0 spiro atoms. The van der Waals surface area contributed by atoms with Crippen molar-refractivity contribution in [3.05, 3.63) is 60.3 Å². The van der Waals surface area contributed by atoms with Gasteiger partial charge in [-0.1, -0.05) is 49.0 Å². The molecule has 0 N–H and O–H groups in total. The maximum Gasteiger partial charge on any atom is 0.179 e. The number of hydrogen-bond acceptors (Lipinski definition) is 3. The largest absolute Gasteiger partial charge is 0.285 e.